The van der Waals surface area contributed by atoms with Gasteiger partial charge in [-0.2, -0.15) is 0 Å². The summed E-state index contributed by atoms with van der Waals surface area (Å²) in [6.45, 7) is 5.58. The van der Waals surface area contributed by atoms with Crippen LogP contribution in [0.1, 0.15) is 18.5 Å². The molecular formula is C24H26ClN3O. The van der Waals surface area contributed by atoms with E-state index >= 15 is 0 Å². The topological polar surface area (TPSA) is 35.6 Å². The molecule has 1 N–H and O–H groups in total. The highest BCUT2D eigenvalue weighted by molar-refractivity contribution is 6.30. The smallest absolute Gasteiger partial charge is 0.236 e. The monoisotopic (exact) mass is 407 g/mol. The molecule has 1 saturated heterocycles. The Morgan fingerprint density at radius 3 is 2.52 bits per heavy atom. The third kappa shape index (κ3) is 4.55. The number of hydrogen-bond donors (Lipinski definition) is 1. The van der Waals surface area contributed by atoms with Crippen LogP contribution in [0.15, 0.2) is 66.7 Å². The summed E-state index contributed by atoms with van der Waals surface area (Å²) in [7, 11) is 0. The molecule has 0 aliphatic carbocycles. The lowest BCUT2D eigenvalue weighted by Gasteiger charge is -2.36. The van der Waals surface area contributed by atoms with E-state index in [0.717, 1.165) is 36.9 Å². The molecule has 1 fully saturated rings. The van der Waals surface area contributed by atoms with Crippen molar-refractivity contribution in [3.05, 3.63) is 77.3 Å². The minimum Gasteiger partial charge on any atom is -0.368 e. The molecule has 1 aliphatic heterocycles. The first-order chi connectivity index (χ1) is 14.1. The molecule has 0 bridgehead atoms. The van der Waals surface area contributed by atoms with E-state index in [4.69, 9.17) is 11.6 Å². The van der Waals surface area contributed by atoms with Gasteiger partial charge in [0.1, 0.15) is 0 Å². The maximum atomic E-state index is 12.7. The van der Waals surface area contributed by atoms with Gasteiger partial charge in [-0.05, 0) is 41.5 Å². The first-order valence-electron chi connectivity index (χ1n) is 10.1. The molecule has 3 aromatic carbocycles. The highest BCUT2D eigenvalue weighted by Gasteiger charge is 2.22. The number of nitrogens with zero attached hydrogens (tertiary/aromatic N) is 2. The molecule has 0 unspecified atom stereocenters. The standard InChI is InChI=1S/C24H26ClN3O/c1-18(22-11-4-7-19-6-2-3-10-23(19)22)26-17-24(29)28-14-12-27(13-15-28)21-9-5-8-20(25)16-21/h2-11,16,18,26H,12-15,17H2,1H3/t18-/m1/s1. The number of rotatable bonds is 5. The molecule has 29 heavy (non-hydrogen) atoms. The largest absolute Gasteiger partial charge is 0.368 e. The predicted molar refractivity (Wildman–Crippen MR) is 121 cm³/mol. The number of carbonyl (C=O) groups is 1. The number of piperazine rings is 1. The first kappa shape index (κ1) is 19.7. The molecular weight excluding hydrogens is 382 g/mol. The van der Waals surface area contributed by atoms with Gasteiger partial charge in [0.05, 0.1) is 6.54 Å². The molecule has 1 atom stereocenters. The zero-order valence-corrected chi connectivity index (χ0v) is 17.4. The van der Waals surface area contributed by atoms with Gasteiger partial charge >= 0.3 is 0 Å². The van der Waals surface area contributed by atoms with Gasteiger partial charge in [0.25, 0.3) is 0 Å². The molecule has 1 heterocycles. The minimum atomic E-state index is 0.109. The highest BCUT2D eigenvalue weighted by Crippen LogP contribution is 2.24. The summed E-state index contributed by atoms with van der Waals surface area (Å²) in [5.41, 5.74) is 2.34. The Hall–Kier alpha value is -2.56. The van der Waals surface area contributed by atoms with Crippen LogP contribution in [-0.4, -0.2) is 43.5 Å². The van der Waals surface area contributed by atoms with Crippen LogP contribution in [0.2, 0.25) is 5.02 Å². The molecule has 150 valence electrons. The summed E-state index contributed by atoms with van der Waals surface area (Å²) in [5, 5.41) is 6.62. The summed E-state index contributed by atoms with van der Waals surface area (Å²) in [4.78, 5) is 16.9. The van der Waals surface area contributed by atoms with Gasteiger partial charge in [-0.3, -0.25) is 4.79 Å². The van der Waals surface area contributed by atoms with Crippen molar-refractivity contribution in [2.45, 2.75) is 13.0 Å². The van der Waals surface area contributed by atoms with Crippen LogP contribution in [0.3, 0.4) is 0 Å². The highest BCUT2D eigenvalue weighted by atomic mass is 35.5. The van der Waals surface area contributed by atoms with Crippen LogP contribution >= 0.6 is 11.6 Å². The van der Waals surface area contributed by atoms with Gasteiger partial charge in [0, 0.05) is 42.9 Å². The average Bonchev–Trinajstić information content (AvgIpc) is 2.77. The van der Waals surface area contributed by atoms with E-state index in [2.05, 4.69) is 65.7 Å². The summed E-state index contributed by atoms with van der Waals surface area (Å²) < 4.78 is 0. The van der Waals surface area contributed by atoms with Crippen LogP contribution in [0.4, 0.5) is 5.69 Å². The Kier molecular flexibility index (Phi) is 6.02. The fraction of sp³-hybridized carbons (Fsp3) is 0.292. The van der Waals surface area contributed by atoms with Crippen LogP contribution in [0.5, 0.6) is 0 Å². The number of hydrogen-bond acceptors (Lipinski definition) is 3. The van der Waals surface area contributed by atoms with E-state index in [9.17, 15) is 4.79 Å². The van der Waals surface area contributed by atoms with Gasteiger partial charge in [-0.25, -0.2) is 0 Å². The van der Waals surface area contributed by atoms with Crippen molar-refractivity contribution in [3.8, 4) is 0 Å². The van der Waals surface area contributed by atoms with E-state index < -0.39 is 0 Å². The lowest BCUT2D eigenvalue weighted by Crippen LogP contribution is -2.51. The van der Waals surface area contributed by atoms with E-state index in [1.54, 1.807) is 0 Å². The number of carbonyl (C=O) groups excluding carboxylic acids is 1. The summed E-state index contributed by atoms with van der Waals surface area (Å²) >= 11 is 6.10. The Bertz CT molecular complexity index is 993. The van der Waals surface area contributed by atoms with Crippen molar-refractivity contribution >= 4 is 34.0 Å². The molecule has 3 aromatic rings. The zero-order valence-electron chi connectivity index (χ0n) is 16.6. The maximum absolute atomic E-state index is 12.7. The number of amides is 1. The minimum absolute atomic E-state index is 0.109. The zero-order chi connectivity index (χ0) is 20.2. The number of anilines is 1. The molecule has 5 heteroatoms. The Morgan fingerprint density at radius 1 is 1.00 bits per heavy atom. The van der Waals surface area contributed by atoms with Crippen molar-refractivity contribution in [2.75, 3.05) is 37.6 Å². The van der Waals surface area contributed by atoms with Gasteiger partial charge in [0.2, 0.25) is 5.91 Å². The molecule has 4 nitrogen and oxygen atoms in total. The fourth-order valence-corrected chi connectivity index (χ4v) is 4.16. The van der Waals surface area contributed by atoms with Crippen molar-refractivity contribution in [2.24, 2.45) is 0 Å². The van der Waals surface area contributed by atoms with Crippen LogP contribution in [0.25, 0.3) is 10.8 Å². The number of nitrogens with one attached hydrogen (secondary N) is 1. The molecule has 0 radical (unpaired) electrons. The molecule has 0 aromatic heterocycles. The van der Waals surface area contributed by atoms with Gasteiger partial charge < -0.3 is 15.1 Å². The van der Waals surface area contributed by atoms with Crippen molar-refractivity contribution in [1.29, 1.82) is 0 Å². The molecule has 4 rings (SSSR count). The van der Waals surface area contributed by atoms with Crippen LogP contribution < -0.4 is 10.2 Å². The van der Waals surface area contributed by atoms with E-state index in [0.29, 0.717) is 6.54 Å². The molecule has 0 saturated carbocycles. The summed E-state index contributed by atoms with van der Waals surface area (Å²) in [6, 6.07) is 22.7. The summed E-state index contributed by atoms with van der Waals surface area (Å²) in [6.07, 6.45) is 0. The third-order valence-corrected chi connectivity index (χ3v) is 5.89. The van der Waals surface area contributed by atoms with E-state index in [-0.39, 0.29) is 11.9 Å². The molecule has 1 amide bonds. The van der Waals surface area contributed by atoms with Gasteiger partial charge in [-0.1, -0.05) is 60.1 Å². The van der Waals surface area contributed by atoms with Crippen molar-refractivity contribution < 1.29 is 4.79 Å². The normalized spacial score (nSPS) is 15.5. The predicted octanol–water partition coefficient (Wildman–Crippen LogP) is 4.49. The average molecular weight is 408 g/mol. The second-order valence-electron chi connectivity index (χ2n) is 7.52. The fourth-order valence-electron chi connectivity index (χ4n) is 3.98. The Balaban J connectivity index is 1.32. The van der Waals surface area contributed by atoms with Gasteiger partial charge in [0.15, 0.2) is 0 Å². The Morgan fingerprint density at radius 2 is 1.72 bits per heavy atom. The molecule has 0 spiro atoms. The number of halogens is 1. The van der Waals surface area contributed by atoms with Crippen LogP contribution in [0, 0.1) is 0 Å². The third-order valence-electron chi connectivity index (χ3n) is 5.66. The van der Waals surface area contributed by atoms with Crippen molar-refractivity contribution in [3.63, 3.8) is 0 Å². The van der Waals surface area contributed by atoms with Gasteiger partial charge in [-0.15, -0.1) is 0 Å². The lowest BCUT2D eigenvalue weighted by atomic mass is 10.00. The van der Waals surface area contributed by atoms with Crippen molar-refractivity contribution in [1.82, 2.24) is 10.2 Å². The maximum Gasteiger partial charge on any atom is 0.236 e. The van der Waals surface area contributed by atoms with E-state index in [1.807, 2.05) is 23.1 Å². The second kappa shape index (κ2) is 8.85. The second-order valence-corrected chi connectivity index (χ2v) is 7.96. The lowest BCUT2D eigenvalue weighted by molar-refractivity contribution is -0.130. The Labute approximate surface area is 177 Å². The SMILES string of the molecule is C[C@@H](NCC(=O)N1CCN(c2cccc(Cl)c2)CC1)c1cccc2ccccc12. The number of fused-ring (bicyclic) bond motifs is 1. The summed E-state index contributed by atoms with van der Waals surface area (Å²) in [5.74, 6) is 0.155. The van der Waals surface area contributed by atoms with E-state index in [1.165, 1.54) is 16.3 Å². The first-order valence-corrected chi connectivity index (χ1v) is 10.5. The molecule has 1 aliphatic rings. The quantitative estimate of drug-likeness (QED) is 0.676. The number of benzene rings is 3. The van der Waals surface area contributed by atoms with Crippen LogP contribution in [-0.2, 0) is 4.79 Å².